The number of hydrogen-bond acceptors (Lipinski definition) is 8. The van der Waals surface area contributed by atoms with Crippen LogP contribution in [0.2, 0.25) is 0 Å². The number of unbranched alkanes of at least 4 members (excludes halogenated alkanes) is 37. The van der Waals surface area contributed by atoms with Crippen LogP contribution in [0.15, 0.2) is 60.8 Å². The van der Waals surface area contributed by atoms with Gasteiger partial charge in [0.15, 0.2) is 6.10 Å². The van der Waals surface area contributed by atoms with Crippen molar-refractivity contribution in [3.63, 3.8) is 0 Å². The van der Waals surface area contributed by atoms with Crippen LogP contribution in [0, 0.1) is 0 Å². The van der Waals surface area contributed by atoms with Crippen molar-refractivity contribution in [1.29, 1.82) is 0 Å². The molecule has 9 nitrogen and oxygen atoms in total. The molecule has 0 bridgehead atoms. The highest BCUT2D eigenvalue weighted by atomic mass is 31.2. The lowest BCUT2D eigenvalue weighted by Gasteiger charge is -2.28. The van der Waals surface area contributed by atoms with E-state index < -0.39 is 32.5 Å². The first-order valence-electron chi connectivity index (χ1n) is 33.0. The Hall–Kier alpha value is -2.29. The Kier molecular flexibility index (Phi) is 57.6. The third-order valence-corrected chi connectivity index (χ3v) is 15.5. The predicted octanol–water partition coefficient (Wildman–Crippen LogP) is 20.4. The lowest BCUT2D eigenvalue weighted by atomic mass is 10.0. The van der Waals surface area contributed by atoms with Crippen molar-refractivity contribution in [2.75, 3.05) is 47.5 Å². The number of rotatable bonds is 61. The zero-order valence-electron chi connectivity index (χ0n) is 51.9. The molecule has 456 valence electrons. The van der Waals surface area contributed by atoms with E-state index in [0.29, 0.717) is 23.9 Å². The summed E-state index contributed by atoms with van der Waals surface area (Å²) >= 11 is 0. The van der Waals surface area contributed by atoms with Crippen molar-refractivity contribution in [2.45, 2.75) is 315 Å². The van der Waals surface area contributed by atoms with Gasteiger partial charge in [0.25, 0.3) is 7.82 Å². The van der Waals surface area contributed by atoms with Gasteiger partial charge < -0.3 is 27.9 Å². The molecule has 0 aromatic carbocycles. The number of ether oxygens (including phenoxy) is 2. The molecule has 0 radical (unpaired) electrons. The van der Waals surface area contributed by atoms with Gasteiger partial charge in [0.1, 0.15) is 19.8 Å². The molecule has 0 rings (SSSR count). The average molecular weight is 1120 g/mol. The monoisotopic (exact) mass is 1120 g/mol. The van der Waals surface area contributed by atoms with Crippen LogP contribution in [0.25, 0.3) is 0 Å². The van der Waals surface area contributed by atoms with E-state index in [9.17, 15) is 19.0 Å². The minimum Gasteiger partial charge on any atom is -0.756 e. The average Bonchev–Trinajstić information content (AvgIpc) is 3.40. The molecule has 0 aromatic rings. The zero-order chi connectivity index (χ0) is 57.0. The first kappa shape index (κ1) is 75.7. The van der Waals surface area contributed by atoms with Crippen molar-refractivity contribution in [3.05, 3.63) is 60.8 Å². The van der Waals surface area contributed by atoms with Crippen LogP contribution in [0.3, 0.4) is 0 Å². The Bertz CT molecular complexity index is 1500. The van der Waals surface area contributed by atoms with Gasteiger partial charge in [0, 0.05) is 12.8 Å². The van der Waals surface area contributed by atoms with Crippen molar-refractivity contribution < 1.29 is 42.1 Å². The Morgan fingerprint density at radius 3 is 1.08 bits per heavy atom. The van der Waals surface area contributed by atoms with Crippen molar-refractivity contribution >= 4 is 19.8 Å². The smallest absolute Gasteiger partial charge is 0.306 e. The zero-order valence-corrected chi connectivity index (χ0v) is 52.8. The second kappa shape index (κ2) is 59.3. The summed E-state index contributed by atoms with van der Waals surface area (Å²) in [5.74, 6) is -0.840. The highest BCUT2D eigenvalue weighted by molar-refractivity contribution is 7.45. The number of nitrogens with zero attached hydrogens (tertiary/aromatic N) is 1. The molecule has 0 N–H and O–H groups in total. The van der Waals surface area contributed by atoms with Crippen LogP contribution in [0.5, 0.6) is 0 Å². The summed E-state index contributed by atoms with van der Waals surface area (Å²) in [6.07, 6.45) is 77.5. The third-order valence-electron chi connectivity index (χ3n) is 14.5. The summed E-state index contributed by atoms with van der Waals surface area (Å²) in [6, 6.07) is 0. The molecular weight excluding hydrogens is 990 g/mol. The fraction of sp³-hybridized carbons (Fsp3) is 0.824. The molecule has 0 amide bonds. The van der Waals surface area contributed by atoms with Crippen LogP contribution >= 0.6 is 7.82 Å². The molecule has 0 fully saturated rings. The highest BCUT2D eigenvalue weighted by Crippen LogP contribution is 2.38. The quantitative estimate of drug-likeness (QED) is 0.0195. The number of allylic oxidation sites excluding steroid dienone is 10. The summed E-state index contributed by atoms with van der Waals surface area (Å²) in [6.45, 7) is 4.17. The molecule has 0 saturated carbocycles. The van der Waals surface area contributed by atoms with Crippen molar-refractivity contribution in [2.24, 2.45) is 0 Å². The van der Waals surface area contributed by atoms with Gasteiger partial charge in [0.05, 0.1) is 27.7 Å². The van der Waals surface area contributed by atoms with Crippen LogP contribution < -0.4 is 4.89 Å². The van der Waals surface area contributed by atoms with Gasteiger partial charge in [-0.05, 0) is 77.0 Å². The normalized spacial score (nSPS) is 13.6. The van der Waals surface area contributed by atoms with Crippen molar-refractivity contribution in [1.82, 2.24) is 0 Å². The summed E-state index contributed by atoms with van der Waals surface area (Å²) in [7, 11) is 1.17. The van der Waals surface area contributed by atoms with E-state index in [-0.39, 0.29) is 26.1 Å². The van der Waals surface area contributed by atoms with Gasteiger partial charge in [-0.3, -0.25) is 14.2 Å². The molecule has 78 heavy (non-hydrogen) atoms. The first-order chi connectivity index (χ1) is 38.0. The summed E-state index contributed by atoms with van der Waals surface area (Å²) < 4.78 is 34.1. The van der Waals surface area contributed by atoms with Gasteiger partial charge in [-0.15, -0.1) is 0 Å². The maximum absolute atomic E-state index is 12.8. The fourth-order valence-corrected chi connectivity index (χ4v) is 10.1. The lowest BCUT2D eigenvalue weighted by Crippen LogP contribution is -2.37. The van der Waals surface area contributed by atoms with Crippen molar-refractivity contribution in [3.8, 4) is 0 Å². The molecular formula is C68H126NO8P. The van der Waals surface area contributed by atoms with Crippen LogP contribution in [-0.4, -0.2) is 70.0 Å². The van der Waals surface area contributed by atoms with E-state index in [4.69, 9.17) is 18.5 Å². The third kappa shape index (κ3) is 62.9. The molecule has 0 saturated heterocycles. The highest BCUT2D eigenvalue weighted by Gasteiger charge is 2.22. The number of esters is 2. The largest absolute Gasteiger partial charge is 0.756 e. The molecule has 10 heteroatoms. The fourth-order valence-electron chi connectivity index (χ4n) is 9.41. The van der Waals surface area contributed by atoms with E-state index in [1.807, 2.05) is 21.1 Å². The minimum absolute atomic E-state index is 0.0327. The molecule has 2 unspecified atom stereocenters. The lowest BCUT2D eigenvalue weighted by molar-refractivity contribution is -0.870. The second-order valence-electron chi connectivity index (χ2n) is 23.5. The summed E-state index contributed by atoms with van der Waals surface area (Å²) in [5, 5.41) is 0. The molecule has 0 spiro atoms. The van der Waals surface area contributed by atoms with E-state index in [1.54, 1.807) is 0 Å². The van der Waals surface area contributed by atoms with E-state index >= 15 is 0 Å². The molecule has 0 aromatic heterocycles. The van der Waals surface area contributed by atoms with Crippen LogP contribution in [0.4, 0.5) is 0 Å². The Labute approximate surface area is 483 Å². The number of carbonyl (C=O) groups is 2. The van der Waals surface area contributed by atoms with Crippen LogP contribution in [-0.2, 0) is 32.7 Å². The SMILES string of the molecule is CCC/C=C\C/C=C\CCCCCCCC(=O)OCC(COP(=O)([O-])OCC[N+](C)(C)C)OC(=O)CCCCCCCCCCCCCCCCCCCCCCCCCCCC/C=C\C/C=C\C/C=C\CCCCCCC. The predicted molar refractivity (Wildman–Crippen MR) is 333 cm³/mol. The summed E-state index contributed by atoms with van der Waals surface area (Å²) in [4.78, 5) is 37.8. The van der Waals surface area contributed by atoms with Gasteiger partial charge in [-0.2, -0.15) is 0 Å². The number of phosphoric ester groups is 1. The maximum atomic E-state index is 12.8. The molecule has 2 atom stereocenters. The van der Waals surface area contributed by atoms with E-state index in [1.165, 1.54) is 199 Å². The summed E-state index contributed by atoms with van der Waals surface area (Å²) in [5.41, 5.74) is 0. The Balaban J connectivity index is 3.85. The molecule has 0 heterocycles. The number of phosphoric acid groups is 1. The molecule has 0 aliphatic carbocycles. The number of hydrogen-bond donors (Lipinski definition) is 0. The molecule has 0 aliphatic rings. The maximum Gasteiger partial charge on any atom is 0.306 e. The van der Waals surface area contributed by atoms with E-state index in [2.05, 4.69) is 74.6 Å². The first-order valence-corrected chi connectivity index (χ1v) is 34.5. The Morgan fingerprint density at radius 1 is 0.397 bits per heavy atom. The van der Waals surface area contributed by atoms with E-state index in [0.717, 1.165) is 70.6 Å². The second-order valence-corrected chi connectivity index (χ2v) is 24.9. The number of carbonyl (C=O) groups excluding carboxylic acids is 2. The van der Waals surface area contributed by atoms with Gasteiger partial charge >= 0.3 is 11.9 Å². The van der Waals surface area contributed by atoms with Gasteiger partial charge in [-0.1, -0.05) is 280 Å². The van der Waals surface area contributed by atoms with Gasteiger partial charge in [-0.25, -0.2) is 0 Å². The minimum atomic E-state index is -4.64. The topological polar surface area (TPSA) is 111 Å². The standard InChI is InChI=1S/C68H126NO8P/c1-6-8-10-12-14-16-18-20-21-22-23-24-25-26-27-28-29-30-31-32-33-34-35-36-37-38-39-40-41-42-43-44-45-46-47-49-51-53-55-57-59-61-68(71)77-66(65-76-78(72,73)75-63-62-69(3,4)5)64-74-67(70)60-58-56-54-52-50-48-19-17-15-13-11-9-7-2/h11,13,17-20,22-23,25-26,66H,6-10,12,14-16,21,24,27-65H2,1-5H3/b13-11-,19-17-,20-18-,23-22-,26-25-. The van der Waals surface area contributed by atoms with Crippen LogP contribution in [0.1, 0.15) is 309 Å². The number of quaternary nitrogens is 1. The number of likely N-dealkylation sites (N-methyl/N-ethyl adjacent to an activating group) is 1. The molecule has 0 aliphatic heterocycles. The Morgan fingerprint density at radius 2 is 0.718 bits per heavy atom. The van der Waals surface area contributed by atoms with Gasteiger partial charge in [0.2, 0.25) is 0 Å².